The molecule has 0 aliphatic carbocycles. The highest BCUT2D eigenvalue weighted by atomic mass is 16.3. The fraction of sp³-hybridized carbons (Fsp3) is 0.0597. The number of benzene rings is 8. The summed E-state index contributed by atoms with van der Waals surface area (Å²) in [4.78, 5) is 14.1. The molecule has 12 aromatic rings. The Hall–Kier alpha value is -8.99. The molecule has 0 saturated carbocycles. The van der Waals surface area contributed by atoms with Crippen LogP contribution in [0, 0.1) is 0 Å². The predicted octanol–water partition coefficient (Wildman–Crippen LogP) is 17.0. The second kappa shape index (κ2) is 19.6. The zero-order valence-corrected chi connectivity index (χ0v) is 39.2. The molecule has 4 heterocycles. The van der Waals surface area contributed by atoms with Gasteiger partial charge in [0.05, 0.1) is 23.3 Å². The highest BCUT2D eigenvalue weighted by Crippen LogP contribution is 2.42. The van der Waals surface area contributed by atoms with E-state index in [9.17, 15) is 0 Å². The van der Waals surface area contributed by atoms with Crippen LogP contribution in [0.4, 0.5) is 0 Å². The predicted molar refractivity (Wildman–Crippen MR) is 293 cm³/mol. The van der Waals surface area contributed by atoms with Gasteiger partial charge in [-0.15, -0.1) is 0 Å². The molecular weight excluding hydrogens is 863 g/mol. The molecule has 0 saturated heterocycles. The first kappa shape index (κ1) is 43.3. The molecule has 0 aliphatic heterocycles. The van der Waals surface area contributed by atoms with Crippen LogP contribution in [0.5, 0.6) is 0 Å². The lowest BCUT2D eigenvalue weighted by molar-refractivity contribution is 0.667. The second-order valence-electron chi connectivity index (χ2n) is 18.3. The van der Waals surface area contributed by atoms with Crippen LogP contribution in [0.3, 0.4) is 0 Å². The summed E-state index contributed by atoms with van der Waals surface area (Å²) >= 11 is 0. The summed E-state index contributed by atoms with van der Waals surface area (Å²) in [7, 11) is 0. The van der Waals surface area contributed by atoms with Crippen molar-refractivity contribution < 1.29 is 4.42 Å². The molecule has 12 rings (SSSR count). The van der Waals surface area contributed by atoms with Crippen molar-refractivity contribution in [2.75, 3.05) is 0 Å². The van der Waals surface area contributed by atoms with E-state index in [1.54, 1.807) is 0 Å². The number of fused-ring (bicyclic) bond motifs is 3. The van der Waals surface area contributed by atoms with E-state index in [4.69, 9.17) is 9.40 Å². The first-order chi connectivity index (χ1) is 35.1. The Bertz CT molecular complexity index is 3670. The third-order valence-electron chi connectivity index (χ3n) is 13.7. The van der Waals surface area contributed by atoms with Crippen LogP contribution in [-0.4, -0.2) is 15.0 Å². The molecule has 0 spiro atoms. The summed E-state index contributed by atoms with van der Waals surface area (Å²) in [5.41, 5.74) is 22.6. The summed E-state index contributed by atoms with van der Waals surface area (Å²) in [6.07, 6.45) is 9.27. The average Bonchev–Trinajstić information content (AvgIpc) is 3.83. The van der Waals surface area contributed by atoms with E-state index in [0.29, 0.717) is 0 Å². The summed E-state index contributed by atoms with van der Waals surface area (Å²) in [6, 6.07) is 82.9. The fourth-order valence-electron chi connectivity index (χ4n) is 9.94. The second-order valence-corrected chi connectivity index (χ2v) is 18.3. The van der Waals surface area contributed by atoms with Crippen LogP contribution < -0.4 is 0 Å². The van der Waals surface area contributed by atoms with Gasteiger partial charge in [-0.25, -0.2) is 0 Å². The Morgan fingerprint density at radius 3 is 1.44 bits per heavy atom. The molecule has 0 aliphatic rings. The molecule has 0 radical (unpaired) electrons. The van der Waals surface area contributed by atoms with Crippen molar-refractivity contribution in [3.8, 4) is 78.3 Å². The summed E-state index contributed by atoms with van der Waals surface area (Å²) < 4.78 is 6.18. The lowest BCUT2D eigenvalue weighted by atomic mass is 9.86. The van der Waals surface area contributed by atoms with E-state index in [1.807, 2.05) is 55.0 Å². The number of pyridine rings is 3. The highest BCUT2D eigenvalue weighted by molar-refractivity contribution is 6.06. The maximum Gasteiger partial charge on any atom is 0.153 e. The molecule has 8 aromatic carbocycles. The van der Waals surface area contributed by atoms with Crippen molar-refractivity contribution in [3.05, 3.63) is 271 Å². The number of hydrogen-bond acceptors (Lipinski definition) is 4. The number of rotatable bonds is 13. The van der Waals surface area contributed by atoms with Gasteiger partial charge in [0, 0.05) is 39.9 Å². The fourth-order valence-corrected chi connectivity index (χ4v) is 9.94. The van der Waals surface area contributed by atoms with Gasteiger partial charge in [-0.1, -0.05) is 188 Å². The van der Waals surface area contributed by atoms with Gasteiger partial charge in [-0.2, -0.15) is 0 Å². The maximum absolute atomic E-state index is 6.18. The lowest BCUT2D eigenvalue weighted by Gasteiger charge is -2.18. The molecule has 0 fully saturated rings. The number of aromatic nitrogens is 3. The van der Waals surface area contributed by atoms with E-state index >= 15 is 0 Å². The Kier molecular flexibility index (Phi) is 11.9. The minimum absolute atomic E-state index is 0.788. The number of hydrogen-bond donors (Lipinski definition) is 0. The topological polar surface area (TPSA) is 51.8 Å². The van der Waals surface area contributed by atoms with Gasteiger partial charge in [0.15, 0.2) is 5.58 Å². The van der Waals surface area contributed by atoms with Crippen molar-refractivity contribution >= 4 is 21.9 Å². The number of aryl methyl sites for hydroxylation is 4. The molecule has 4 heteroatoms. The van der Waals surface area contributed by atoms with Crippen LogP contribution in [-0.2, 0) is 25.7 Å². The largest absolute Gasteiger partial charge is 0.454 e. The molecule has 0 amide bonds. The molecule has 71 heavy (non-hydrogen) atoms. The number of furan rings is 1. The Labute approximate surface area is 414 Å². The van der Waals surface area contributed by atoms with Gasteiger partial charge in [0.2, 0.25) is 0 Å². The van der Waals surface area contributed by atoms with Crippen LogP contribution in [0.2, 0.25) is 0 Å². The molecule has 0 bridgehead atoms. The quantitative estimate of drug-likeness (QED) is 0.116. The van der Waals surface area contributed by atoms with Crippen LogP contribution in [0.1, 0.15) is 22.3 Å². The van der Waals surface area contributed by atoms with Gasteiger partial charge < -0.3 is 4.42 Å². The molecule has 0 N–H and O–H groups in total. The summed E-state index contributed by atoms with van der Waals surface area (Å²) in [6.45, 7) is 0. The Morgan fingerprint density at radius 1 is 0.268 bits per heavy atom. The van der Waals surface area contributed by atoms with Crippen molar-refractivity contribution in [1.82, 2.24) is 15.0 Å². The minimum Gasteiger partial charge on any atom is -0.454 e. The highest BCUT2D eigenvalue weighted by Gasteiger charge is 2.17. The van der Waals surface area contributed by atoms with Crippen molar-refractivity contribution in [1.29, 1.82) is 0 Å². The van der Waals surface area contributed by atoms with Crippen molar-refractivity contribution in [2.24, 2.45) is 0 Å². The molecule has 4 aromatic heterocycles. The van der Waals surface area contributed by atoms with E-state index in [1.165, 1.54) is 55.6 Å². The Balaban J connectivity index is 0.927. The van der Waals surface area contributed by atoms with Crippen molar-refractivity contribution in [3.63, 3.8) is 0 Å². The standard InChI is InChI=1S/C67H49N3O/c1-2-12-50(13-3-1)51-32-34-52(35-33-51)61-43-55(65-44-62-60-16-6-7-19-66(60)71-67(62)45-70-65)36-37-59(61)58-15-5-4-14-57(58)56-41-48(22-20-46-24-28-53(29-25-46)63-17-8-10-38-68-63)40-49(42-56)23-21-47-26-30-54(31-27-47)64-18-9-11-39-69-64/h1-19,24-45H,20-23H2. The first-order valence-corrected chi connectivity index (χ1v) is 24.5. The average molecular weight is 912 g/mol. The molecule has 0 atom stereocenters. The van der Waals surface area contributed by atoms with Crippen LogP contribution in [0.15, 0.2) is 254 Å². The van der Waals surface area contributed by atoms with E-state index < -0.39 is 0 Å². The van der Waals surface area contributed by atoms with Crippen LogP contribution in [0.25, 0.3) is 100 Å². The SMILES string of the molecule is c1ccc(-c2ccc(-c3cc(-c4cc5c(cn4)oc4ccccc45)ccc3-c3ccccc3-c3cc(CCc4ccc(-c5ccccn5)cc4)cc(CCc4ccc(-c5ccccn5)cc4)c3)cc2)cc1. The van der Waals surface area contributed by atoms with Gasteiger partial charge in [0.1, 0.15) is 5.58 Å². The van der Waals surface area contributed by atoms with Gasteiger partial charge in [-0.05, 0) is 135 Å². The van der Waals surface area contributed by atoms with E-state index in [0.717, 1.165) is 92.5 Å². The van der Waals surface area contributed by atoms with E-state index in [-0.39, 0.29) is 0 Å². The maximum atomic E-state index is 6.18. The smallest absolute Gasteiger partial charge is 0.153 e. The minimum atomic E-state index is 0.788. The monoisotopic (exact) mass is 911 g/mol. The number of nitrogens with zero attached hydrogens (tertiary/aromatic N) is 3. The third-order valence-corrected chi connectivity index (χ3v) is 13.7. The Morgan fingerprint density at radius 2 is 0.789 bits per heavy atom. The number of para-hydroxylation sites is 1. The van der Waals surface area contributed by atoms with Gasteiger partial charge in [0.25, 0.3) is 0 Å². The van der Waals surface area contributed by atoms with Gasteiger partial charge in [-0.3, -0.25) is 15.0 Å². The molecule has 4 nitrogen and oxygen atoms in total. The molecular formula is C67H49N3O. The van der Waals surface area contributed by atoms with Crippen molar-refractivity contribution in [2.45, 2.75) is 25.7 Å². The lowest BCUT2D eigenvalue weighted by Crippen LogP contribution is -1.98. The van der Waals surface area contributed by atoms with E-state index in [2.05, 4.69) is 204 Å². The third kappa shape index (κ3) is 9.32. The van der Waals surface area contributed by atoms with Crippen LogP contribution >= 0.6 is 0 Å². The normalized spacial score (nSPS) is 11.3. The molecule has 0 unspecified atom stereocenters. The summed E-state index contributed by atoms with van der Waals surface area (Å²) in [5, 5.41) is 2.15. The van der Waals surface area contributed by atoms with Gasteiger partial charge >= 0.3 is 0 Å². The summed E-state index contributed by atoms with van der Waals surface area (Å²) in [5.74, 6) is 0. The first-order valence-electron chi connectivity index (χ1n) is 24.5. The molecule has 338 valence electrons. The zero-order chi connectivity index (χ0) is 47.3. The zero-order valence-electron chi connectivity index (χ0n) is 39.2.